The Morgan fingerprint density at radius 2 is 1.68 bits per heavy atom. The lowest BCUT2D eigenvalue weighted by Crippen LogP contribution is -2.39. The smallest absolute Gasteiger partial charge is 0.256 e. The SMILES string of the molecule is CC(C)NC(=O)c1cn(Cc2ccccc2)cc(C(=O)NCC2OCCc3ccccc32)c1=O. The van der Waals surface area contributed by atoms with Crippen LogP contribution in [0.4, 0.5) is 0 Å². The van der Waals surface area contributed by atoms with E-state index in [1.165, 1.54) is 18.0 Å². The van der Waals surface area contributed by atoms with Crippen molar-refractivity contribution in [3.63, 3.8) is 0 Å². The molecule has 2 aromatic carbocycles. The molecule has 1 aliphatic heterocycles. The minimum absolute atomic E-state index is 0.0588. The third-order valence-corrected chi connectivity index (χ3v) is 5.74. The van der Waals surface area contributed by atoms with Crippen LogP contribution in [0.1, 0.15) is 57.4 Å². The number of nitrogens with zero attached hydrogens (tertiary/aromatic N) is 1. The largest absolute Gasteiger partial charge is 0.371 e. The molecule has 0 spiro atoms. The summed E-state index contributed by atoms with van der Waals surface area (Å²) in [4.78, 5) is 39.0. The monoisotopic (exact) mass is 459 g/mol. The molecule has 2 amide bonds. The number of rotatable bonds is 7. The molecule has 0 saturated carbocycles. The number of nitrogens with one attached hydrogen (secondary N) is 2. The van der Waals surface area contributed by atoms with Gasteiger partial charge in [0.15, 0.2) is 0 Å². The lowest BCUT2D eigenvalue weighted by atomic mass is 9.97. The average molecular weight is 460 g/mol. The van der Waals surface area contributed by atoms with Crippen LogP contribution in [0.3, 0.4) is 0 Å². The van der Waals surface area contributed by atoms with Crippen LogP contribution in [0.2, 0.25) is 0 Å². The van der Waals surface area contributed by atoms with Crippen molar-refractivity contribution in [1.29, 1.82) is 0 Å². The van der Waals surface area contributed by atoms with E-state index in [0.29, 0.717) is 13.2 Å². The molecule has 7 nitrogen and oxygen atoms in total. The number of ether oxygens (including phenoxy) is 1. The summed E-state index contributed by atoms with van der Waals surface area (Å²) in [6.07, 6.45) is 3.56. The first-order chi connectivity index (χ1) is 16.4. The van der Waals surface area contributed by atoms with Crippen LogP contribution in [0.25, 0.3) is 0 Å². The second-order valence-electron chi connectivity index (χ2n) is 8.72. The first kappa shape index (κ1) is 23.4. The molecule has 0 bridgehead atoms. The third kappa shape index (κ3) is 5.43. The second-order valence-corrected chi connectivity index (χ2v) is 8.72. The zero-order valence-corrected chi connectivity index (χ0v) is 19.4. The highest BCUT2D eigenvalue weighted by atomic mass is 16.5. The Morgan fingerprint density at radius 1 is 1.00 bits per heavy atom. The van der Waals surface area contributed by atoms with E-state index in [2.05, 4.69) is 16.7 Å². The van der Waals surface area contributed by atoms with Gasteiger partial charge >= 0.3 is 0 Å². The van der Waals surface area contributed by atoms with Crippen molar-refractivity contribution in [3.8, 4) is 0 Å². The Labute approximate surface area is 198 Å². The number of pyridine rings is 1. The summed E-state index contributed by atoms with van der Waals surface area (Å²) >= 11 is 0. The molecule has 1 aliphatic rings. The fourth-order valence-corrected chi connectivity index (χ4v) is 4.11. The van der Waals surface area contributed by atoms with Gasteiger partial charge in [0, 0.05) is 31.5 Å². The van der Waals surface area contributed by atoms with E-state index in [1.807, 2.05) is 62.4 Å². The van der Waals surface area contributed by atoms with Crippen molar-refractivity contribution in [2.45, 2.75) is 39.0 Å². The molecule has 1 unspecified atom stereocenters. The van der Waals surface area contributed by atoms with Gasteiger partial charge in [0.1, 0.15) is 17.2 Å². The zero-order chi connectivity index (χ0) is 24.1. The van der Waals surface area contributed by atoms with Gasteiger partial charge in [-0.25, -0.2) is 0 Å². The first-order valence-electron chi connectivity index (χ1n) is 11.5. The molecule has 7 heteroatoms. The van der Waals surface area contributed by atoms with Crippen LogP contribution in [0.15, 0.2) is 71.8 Å². The first-order valence-corrected chi connectivity index (χ1v) is 11.5. The lowest BCUT2D eigenvalue weighted by Gasteiger charge is -2.26. The Kier molecular flexibility index (Phi) is 7.23. The molecule has 0 aliphatic carbocycles. The van der Waals surface area contributed by atoms with Crippen LogP contribution in [0.5, 0.6) is 0 Å². The Morgan fingerprint density at radius 3 is 2.41 bits per heavy atom. The minimum atomic E-state index is -0.593. The van der Waals surface area contributed by atoms with Gasteiger partial charge in [-0.2, -0.15) is 0 Å². The normalized spacial score (nSPS) is 15.0. The van der Waals surface area contributed by atoms with Crippen molar-refractivity contribution < 1.29 is 14.3 Å². The molecule has 1 atom stereocenters. The number of aromatic nitrogens is 1. The summed E-state index contributed by atoms with van der Waals surface area (Å²) in [5, 5.41) is 5.59. The zero-order valence-electron chi connectivity index (χ0n) is 19.4. The van der Waals surface area contributed by atoms with Crippen LogP contribution in [0, 0.1) is 0 Å². The maximum atomic E-state index is 13.1. The molecule has 34 heavy (non-hydrogen) atoms. The molecular weight excluding hydrogens is 430 g/mol. The van der Waals surface area contributed by atoms with Crippen LogP contribution >= 0.6 is 0 Å². The quantitative estimate of drug-likeness (QED) is 0.568. The van der Waals surface area contributed by atoms with Gasteiger partial charge in [0.2, 0.25) is 5.43 Å². The topological polar surface area (TPSA) is 89.4 Å². The van der Waals surface area contributed by atoms with Crippen molar-refractivity contribution >= 4 is 11.8 Å². The predicted molar refractivity (Wildman–Crippen MR) is 130 cm³/mol. The van der Waals surface area contributed by atoms with E-state index in [-0.39, 0.29) is 29.8 Å². The van der Waals surface area contributed by atoms with Crippen molar-refractivity contribution in [2.24, 2.45) is 0 Å². The summed E-state index contributed by atoms with van der Waals surface area (Å²) in [5.41, 5.74) is 2.50. The van der Waals surface area contributed by atoms with E-state index >= 15 is 0 Å². The van der Waals surface area contributed by atoms with Crippen LogP contribution in [-0.4, -0.2) is 35.6 Å². The van der Waals surface area contributed by atoms with Gasteiger partial charge in [0.05, 0.1) is 6.61 Å². The van der Waals surface area contributed by atoms with Gasteiger partial charge in [-0.05, 0) is 37.0 Å². The lowest BCUT2D eigenvalue weighted by molar-refractivity contribution is 0.0411. The van der Waals surface area contributed by atoms with Crippen LogP contribution < -0.4 is 16.1 Å². The van der Waals surface area contributed by atoms with Gasteiger partial charge in [-0.15, -0.1) is 0 Å². The number of carbonyl (C=O) groups is 2. The molecule has 176 valence electrons. The maximum absolute atomic E-state index is 13.1. The number of hydrogen-bond donors (Lipinski definition) is 2. The van der Waals surface area contributed by atoms with Crippen molar-refractivity contribution in [2.75, 3.05) is 13.2 Å². The summed E-state index contributed by atoms with van der Waals surface area (Å²) < 4.78 is 7.57. The fourth-order valence-electron chi connectivity index (χ4n) is 4.11. The summed E-state index contributed by atoms with van der Waals surface area (Å²) in [7, 11) is 0. The van der Waals surface area contributed by atoms with Crippen molar-refractivity contribution in [1.82, 2.24) is 15.2 Å². The number of carbonyl (C=O) groups excluding carboxylic acids is 2. The molecule has 3 aromatic rings. The number of fused-ring (bicyclic) bond motifs is 1. The number of hydrogen-bond acceptors (Lipinski definition) is 4. The molecule has 0 fully saturated rings. The minimum Gasteiger partial charge on any atom is -0.371 e. The molecule has 4 rings (SSSR count). The third-order valence-electron chi connectivity index (χ3n) is 5.74. The average Bonchev–Trinajstić information content (AvgIpc) is 2.83. The van der Waals surface area contributed by atoms with E-state index in [1.54, 1.807) is 4.57 Å². The molecule has 0 radical (unpaired) electrons. The van der Waals surface area contributed by atoms with E-state index in [4.69, 9.17) is 4.74 Å². The van der Waals surface area contributed by atoms with Gasteiger partial charge < -0.3 is 19.9 Å². The van der Waals surface area contributed by atoms with E-state index in [0.717, 1.165) is 17.5 Å². The summed E-state index contributed by atoms with van der Waals surface area (Å²) in [5.74, 6) is -1.03. The summed E-state index contributed by atoms with van der Waals surface area (Å²) in [6.45, 7) is 4.86. The fraction of sp³-hybridized carbons (Fsp3) is 0.296. The standard InChI is InChI=1S/C27H29N3O4/c1-18(2)29-27(33)23-17-30(15-19-8-4-3-5-9-19)16-22(25(23)31)26(32)28-14-24-21-11-7-6-10-20(21)12-13-34-24/h3-11,16-18,24H,12-15H2,1-2H3,(H,28,32)(H,29,33). The van der Waals surface area contributed by atoms with Gasteiger partial charge in [-0.1, -0.05) is 54.6 Å². The van der Waals surface area contributed by atoms with Crippen molar-refractivity contribution in [3.05, 3.63) is 105 Å². The molecule has 2 heterocycles. The number of amides is 2. The Hall–Kier alpha value is -3.71. The Bertz CT molecular complexity index is 1230. The molecule has 0 saturated heterocycles. The van der Waals surface area contributed by atoms with Gasteiger partial charge in [-0.3, -0.25) is 14.4 Å². The van der Waals surface area contributed by atoms with Crippen LogP contribution in [-0.2, 0) is 17.7 Å². The van der Waals surface area contributed by atoms with E-state index < -0.39 is 17.2 Å². The van der Waals surface area contributed by atoms with Gasteiger partial charge in [0.25, 0.3) is 11.8 Å². The Balaban J connectivity index is 1.60. The predicted octanol–water partition coefficient (Wildman–Crippen LogP) is 3.08. The number of benzene rings is 2. The highest BCUT2D eigenvalue weighted by Gasteiger charge is 2.23. The highest BCUT2D eigenvalue weighted by Crippen LogP contribution is 2.26. The molecule has 1 aromatic heterocycles. The maximum Gasteiger partial charge on any atom is 0.256 e. The molecular formula is C27H29N3O4. The second kappa shape index (κ2) is 10.5. The summed E-state index contributed by atoms with van der Waals surface area (Å²) in [6, 6.07) is 17.5. The molecule has 2 N–H and O–H groups in total. The highest BCUT2D eigenvalue weighted by molar-refractivity contribution is 5.99. The van der Waals surface area contributed by atoms with E-state index in [9.17, 15) is 14.4 Å².